The second kappa shape index (κ2) is 15.8. The van der Waals surface area contributed by atoms with Gasteiger partial charge in [0.1, 0.15) is 0 Å². The van der Waals surface area contributed by atoms with E-state index in [1.807, 2.05) is 97.1 Å². The Balaban J connectivity index is 1.23. The van der Waals surface area contributed by atoms with Crippen molar-refractivity contribution in [2.45, 2.75) is 0 Å². The first-order valence-corrected chi connectivity index (χ1v) is 21.8. The van der Waals surface area contributed by atoms with Crippen molar-refractivity contribution in [1.29, 1.82) is 5.26 Å². The van der Waals surface area contributed by atoms with Crippen LogP contribution in [0.5, 0.6) is 0 Å². The topological polar surface area (TPSA) is 63.8 Å². The first-order valence-electron chi connectivity index (χ1n) is 21.8. The smallest absolute Gasteiger partial charge is 0.187 e. The average Bonchev–Trinajstić information content (AvgIpc) is 3.90. The molecule has 12 aromatic rings. The molecule has 0 saturated heterocycles. The quantitative estimate of drug-likeness (QED) is 0.150. The van der Waals surface area contributed by atoms with Gasteiger partial charge in [-0.25, -0.2) is 14.8 Å². The van der Waals surface area contributed by atoms with Crippen LogP contribution in [0.2, 0.25) is 0 Å². The second-order valence-electron chi connectivity index (χ2n) is 16.4. The molecule has 0 saturated carbocycles. The third kappa shape index (κ3) is 6.41. The largest absolute Gasteiger partial charge is 0.309 e. The molecule has 0 aliphatic heterocycles. The Kier molecular flexibility index (Phi) is 9.16. The minimum Gasteiger partial charge on any atom is -0.309 e. The molecule has 6 heteroatoms. The average molecular weight is 841 g/mol. The van der Waals surface area contributed by atoms with Gasteiger partial charge in [-0.15, -0.1) is 0 Å². The van der Waals surface area contributed by atoms with Gasteiger partial charge in [-0.1, -0.05) is 152 Å². The van der Waals surface area contributed by atoms with Crippen molar-refractivity contribution in [3.63, 3.8) is 0 Å². The molecule has 0 N–H and O–H groups in total. The molecular weight excluding hydrogens is 805 g/mol. The number of nitrogens with zero attached hydrogens (tertiary/aromatic N) is 6. The van der Waals surface area contributed by atoms with Gasteiger partial charge in [-0.3, -0.25) is 0 Å². The highest BCUT2D eigenvalue weighted by Gasteiger charge is 2.24. The first kappa shape index (κ1) is 38.3. The molecule has 0 atom stereocenters. The zero-order valence-electron chi connectivity index (χ0n) is 35.5. The zero-order valence-corrected chi connectivity index (χ0v) is 35.5. The molecule has 306 valence electrons. The standard InChI is InChI=1S/C60H36N6/c1-62-45-31-29-41(30-32-45)50-34-44(54-36-53(42-15-5-2-6-16-42)63-60(64-54)43-17-7-3-8-18-43)33-49(40-27-25-39(38-61)26-28-40)59(50)66-56-24-14-12-22-48(56)52-35-51-47-21-11-13-23-55(47)65(57(51)37-58(52)66)46-19-9-4-10-20-46/h2-37H. The number of rotatable bonds is 7. The van der Waals surface area contributed by atoms with Gasteiger partial charge in [-0.05, 0) is 77.9 Å². The summed E-state index contributed by atoms with van der Waals surface area (Å²) < 4.78 is 4.78. The Morgan fingerprint density at radius 3 is 1.50 bits per heavy atom. The van der Waals surface area contributed by atoms with Crippen LogP contribution >= 0.6 is 0 Å². The lowest BCUT2D eigenvalue weighted by Gasteiger charge is -2.21. The van der Waals surface area contributed by atoms with Crippen molar-refractivity contribution in [2.75, 3.05) is 0 Å². The monoisotopic (exact) mass is 840 g/mol. The van der Waals surface area contributed by atoms with Crippen molar-refractivity contribution in [1.82, 2.24) is 19.1 Å². The Morgan fingerprint density at radius 1 is 0.409 bits per heavy atom. The summed E-state index contributed by atoms with van der Waals surface area (Å²) in [5.41, 5.74) is 15.7. The van der Waals surface area contributed by atoms with Gasteiger partial charge in [0.25, 0.3) is 0 Å². The van der Waals surface area contributed by atoms with Crippen molar-refractivity contribution < 1.29 is 0 Å². The number of benzene rings is 9. The van der Waals surface area contributed by atoms with E-state index in [0.29, 0.717) is 17.1 Å². The zero-order chi connectivity index (χ0) is 44.1. The van der Waals surface area contributed by atoms with E-state index in [0.717, 1.165) is 94.5 Å². The molecule has 9 aromatic carbocycles. The van der Waals surface area contributed by atoms with Crippen LogP contribution in [0, 0.1) is 17.9 Å². The van der Waals surface area contributed by atoms with E-state index in [-0.39, 0.29) is 0 Å². The third-order valence-electron chi connectivity index (χ3n) is 12.6. The van der Waals surface area contributed by atoms with E-state index < -0.39 is 0 Å². The molecule has 6 nitrogen and oxygen atoms in total. The Morgan fingerprint density at radius 2 is 0.909 bits per heavy atom. The summed E-state index contributed by atoms with van der Waals surface area (Å²) in [5.74, 6) is 0.624. The van der Waals surface area contributed by atoms with Crippen LogP contribution in [0.25, 0.3) is 116 Å². The molecule has 0 unspecified atom stereocenters. The van der Waals surface area contributed by atoms with E-state index in [2.05, 4.69) is 141 Å². The lowest BCUT2D eigenvalue weighted by molar-refractivity contribution is 1.16. The molecule has 0 aliphatic carbocycles. The lowest BCUT2D eigenvalue weighted by atomic mass is 9.91. The summed E-state index contributed by atoms with van der Waals surface area (Å²) >= 11 is 0. The summed E-state index contributed by atoms with van der Waals surface area (Å²) in [7, 11) is 0. The highest BCUT2D eigenvalue weighted by molar-refractivity contribution is 6.19. The summed E-state index contributed by atoms with van der Waals surface area (Å²) in [6.07, 6.45) is 0. The molecule has 0 amide bonds. The maximum Gasteiger partial charge on any atom is 0.187 e. The van der Waals surface area contributed by atoms with E-state index in [1.54, 1.807) is 0 Å². The fourth-order valence-corrected chi connectivity index (χ4v) is 9.50. The third-order valence-corrected chi connectivity index (χ3v) is 12.6. The maximum absolute atomic E-state index is 9.96. The number of hydrogen-bond acceptors (Lipinski definition) is 3. The van der Waals surface area contributed by atoms with Gasteiger partial charge in [0.05, 0.1) is 57.3 Å². The number of aromatic nitrogens is 4. The summed E-state index contributed by atoms with van der Waals surface area (Å²) in [4.78, 5) is 14.2. The normalized spacial score (nSPS) is 11.3. The van der Waals surface area contributed by atoms with E-state index in [4.69, 9.17) is 16.5 Å². The van der Waals surface area contributed by atoms with Crippen LogP contribution in [0.3, 0.4) is 0 Å². The molecule has 0 spiro atoms. The van der Waals surface area contributed by atoms with Crippen LogP contribution in [0.15, 0.2) is 218 Å². The van der Waals surface area contributed by atoms with Gasteiger partial charge in [0.15, 0.2) is 11.5 Å². The SMILES string of the molecule is [C-]#[N+]c1ccc(-c2cc(-c3cc(-c4ccccc4)nc(-c4ccccc4)n3)cc(-c3ccc(C#N)cc3)c2-n2c3ccccc3c3cc4c5ccccc5n(-c5ccccc5)c4cc32)cc1. The van der Waals surface area contributed by atoms with Crippen molar-refractivity contribution >= 4 is 49.3 Å². The van der Waals surface area contributed by atoms with Crippen LogP contribution in [-0.2, 0) is 0 Å². The number of nitriles is 1. The van der Waals surface area contributed by atoms with Crippen LogP contribution in [-0.4, -0.2) is 19.1 Å². The van der Waals surface area contributed by atoms with Gasteiger partial charge in [0, 0.05) is 55.0 Å². The Bertz CT molecular complexity index is 3770. The van der Waals surface area contributed by atoms with Crippen molar-refractivity contribution in [3.8, 4) is 73.6 Å². The molecular formula is C60H36N6. The highest BCUT2D eigenvalue weighted by atomic mass is 15.0. The number of para-hydroxylation sites is 3. The summed E-state index contributed by atoms with van der Waals surface area (Å²) in [6.45, 7) is 7.83. The van der Waals surface area contributed by atoms with Crippen molar-refractivity contribution in [2.24, 2.45) is 0 Å². The van der Waals surface area contributed by atoms with Gasteiger partial charge in [0.2, 0.25) is 0 Å². The fraction of sp³-hybridized carbons (Fsp3) is 0. The molecule has 66 heavy (non-hydrogen) atoms. The molecule has 12 rings (SSSR count). The van der Waals surface area contributed by atoms with Crippen LogP contribution < -0.4 is 0 Å². The van der Waals surface area contributed by atoms with Crippen LogP contribution in [0.1, 0.15) is 5.56 Å². The maximum atomic E-state index is 9.96. The predicted octanol–water partition coefficient (Wildman–Crippen LogP) is 15.4. The fourth-order valence-electron chi connectivity index (χ4n) is 9.50. The minimum absolute atomic E-state index is 0.563. The van der Waals surface area contributed by atoms with E-state index >= 15 is 0 Å². The van der Waals surface area contributed by atoms with E-state index in [1.165, 1.54) is 10.8 Å². The molecule has 0 aliphatic rings. The number of hydrogen-bond donors (Lipinski definition) is 0. The van der Waals surface area contributed by atoms with Gasteiger partial charge < -0.3 is 9.13 Å². The first-order chi connectivity index (χ1) is 32.6. The molecule has 0 fully saturated rings. The Hall–Kier alpha value is -9.36. The molecule has 0 radical (unpaired) electrons. The summed E-state index contributed by atoms with van der Waals surface area (Å²) in [5, 5.41) is 14.6. The van der Waals surface area contributed by atoms with Crippen molar-refractivity contribution in [3.05, 3.63) is 235 Å². The Labute approximate surface area is 381 Å². The molecule has 3 heterocycles. The molecule has 0 bridgehead atoms. The van der Waals surface area contributed by atoms with Gasteiger partial charge >= 0.3 is 0 Å². The minimum atomic E-state index is 0.563. The molecule has 3 aromatic heterocycles. The highest BCUT2D eigenvalue weighted by Crippen LogP contribution is 2.46. The lowest BCUT2D eigenvalue weighted by Crippen LogP contribution is -2.03. The van der Waals surface area contributed by atoms with Gasteiger partial charge in [-0.2, -0.15) is 5.26 Å². The number of fused-ring (bicyclic) bond motifs is 6. The van der Waals surface area contributed by atoms with E-state index in [9.17, 15) is 5.26 Å². The second-order valence-corrected chi connectivity index (χ2v) is 16.4. The summed E-state index contributed by atoms with van der Waals surface area (Å²) in [6, 6.07) is 77.5. The predicted molar refractivity (Wildman–Crippen MR) is 269 cm³/mol. The van der Waals surface area contributed by atoms with Crippen LogP contribution in [0.4, 0.5) is 5.69 Å².